The summed E-state index contributed by atoms with van der Waals surface area (Å²) < 4.78 is 0. The molecule has 0 spiro atoms. The van der Waals surface area contributed by atoms with Gasteiger partial charge in [-0.1, -0.05) is 12.1 Å². The summed E-state index contributed by atoms with van der Waals surface area (Å²) in [5, 5.41) is 4.77. The van der Waals surface area contributed by atoms with Crippen molar-refractivity contribution in [3.8, 4) is 10.6 Å². The van der Waals surface area contributed by atoms with E-state index < -0.39 is 0 Å². The minimum absolute atomic E-state index is 0.198. The van der Waals surface area contributed by atoms with Crippen LogP contribution in [0.25, 0.3) is 10.6 Å². The number of carbonyl (C=O) groups excluding carboxylic acids is 1. The molecular weight excluding hydrogens is 282 g/mol. The first-order valence-electron chi connectivity index (χ1n) is 6.48. The Morgan fingerprint density at radius 2 is 2.05 bits per heavy atom. The standard InChI is InChI=1S/C16H13N3OS/c1-11-12(16(20)19-15-6-2-3-9-17-15)7-8-13(18-11)14-5-4-10-21-14/h2-10H,1H3,(H,17,19,20). The Balaban J connectivity index is 1.84. The largest absolute Gasteiger partial charge is 0.307 e. The first-order chi connectivity index (χ1) is 10.2. The lowest BCUT2D eigenvalue weighted by Gasteiger charge is -2.07. The van der Waals surface area contributed by atoms with Crippen molar-refractivity contribution in [1.29, 1.82) is 0 Å². The van der Waals surface area contributed by atoms with Crippen molar-refractivity contribution in [2.45, 2.75) is 6.92 Å². The van der Waals surface area contributed by atoms with Crippen molar-refractivity contribution < 1.29 is 4.79 Å². The van der Waals surface area contributed by atoms with E-state index in [-0.39, 0.29) is 5.91 Å². The molecule has 3 heterocycles. The average molecular weight is 295 g/mol. The second-order valence-electron chi connectivity index (χ2n) is 4.48. The Bertz CT molecular complexity index is 754. The van der Waals surface area contributed by atoms with E-state index in [0.717, 1.165) is 10.6 Å². The Hall–Kier alpha value is -2.53. The van der Waals surface area contributed by atoms with Gasteiger partial charge in [0.25, 0.3) is 5.91 Å². The van der Waals surface area contributed by atoms with Crippen molar-refractivity contribution in [3.63, 3.8) is 0 Å². The molecular formula is C16H13N3OS. The number of aromatic nitrogens is 2. The second-order valence-corrected chi connectivity index (χ2v) is 5.42. The highest BCUT2D eigenvalue weighted by Crippen LogP contribution is 2.23. The van der Waals surface area contributed by atoms with Crippen molar-refractivity contribution in [1.82, 2.24) is 9.97 Å². The zero-order valence-corrected chi connectivity index (χ0v) is 12.2. The number of hydrogen-bond donors (Lipinski definition) is 1. The van der Waals surface area contributed by atoms with Gasteiger partial charge in [-0.15, -0.1) is 11.3 Å². The molecule has 0 unspecified atom stereocenters. The molecule has 0 saturated heterocycles. The Kier molecular flexibility index (Phi) is 3.75. The van der Waals surface area contributed by atoms with Gasteiger partial charge in [0.15, 0.2) is 0 Å². The van der Waals surface area contributed by atoms with Gasteiger partial charge in [0, 0.05) is 6.20 Å². The van der Waals surface area contributed by atoms with Crippen molar-refractivity contribution >= 4 is 23.1 Å². The molecule has 104 valence electrons. The predicted octanol–water partition coefficient (Wildman–Crippen LogP) is 3.77. The summed E-state index contributed by atoms with van der Waals surface area (Å²) in [6.45, 7) is 1.84. The lowest BCUT2D eigenvalue weighted by molar-refractivity contribution is 0.102. The molecule has 3 aromatic heterocycles. The van der Waals surface area contributed by atoms with Gasteiger partial charge in [-0.25, -0.2) is 4.98 Å². The number of amides is 1. The van der Waals surface area contributed by atoms with Crippen LogP contribution in [0.3, 0.4) is 0 Å². The normalized spacial score (nSPS) is 10.3. The fraction of sp³-hybridized carbons (Fsp3) is 0.0625. The lowest BCUT2D eigenvalue weighted by atomic mass is 10.1. The minimum atomic E-state index is -0.198. The Labute approximate surface area is 126 Å². The molecule has 4 nitrogen and oxygen atoms in total. The first-order valence-corrected chi connectivity index (χ1v) is 7.36. The summed E-state index contributed by atoms with van der Waals surface area (Å²) in [5.41, 5.74) is 2.15. The van der Waals surface area contributed by atoms with Crippen LogP contribution in [0, 0.1) is 6.92 Å². The van der Waals surface area contributed by atoms with E-state index in [9.17, 15) is 4.79 Å². The molecule has 0 aliphatic rings. The van der Waals surface area contributed by atoms with Crippen LogP contribution < -0.4 is 5.32 Å². The van der Waals surface area contributed by atoms with E-state index in [1.165, 1.54) is 0 Å². The Morgan fingerprint density at radius 3 is 2.71 bits per heavy atom. The summed E-state index contributed by atoms with van der Waals surface area (Å²) in [5.74, 6) is 0.334. The third-order valence-corrected chi connectivity index (χ3v) is 3.90. The van der Waals surface area contributed by atoms with Crippen molar-refractivity contribution in [2.24, 2.45) is 0 Å². The van der Waals surface area contributed by atoms with Crippen LogP contribution in [0.15, 0.2) is 54.0 Å². The molecule has 0 radical (unpaired) electrons. The van der Waals surface area contributed by atoms with Crippen LogP contribution in [0.5, 0.6) is 0 Å². The van der Waals surface area contributed by atoms with Crippen LogP contribution in [-0.2, 0) is 0 Å². The van der Waals surface area contributed by atoms with Gasteiger partial charge >= 0.3 is 0 Å². The molecule has 0 aliphatic heterocycles. The zero-order valence-electron chi connectivity index (χ0n) is 11.4. The van der Waals surface area contributed by atoms with Crippen LogP contribution >= 0.6 is 11.3 Å². The maximum absolute atomic E-state index is 12.2. The highest BCUT2D eigenvalue weighted by molar-refractivity contribution is 7.13. The summed E-state index contributed by atoms with van der Waals surface area (Å²) in [4.78, 5) is 21.9. The van der Waals surface area contributed by atoms with Gasteiger partial charge in [-0.3, -0.25) is 9.78 Å². The molecule has 5 heteroatoms. The smallest absolute Gasteiger partial charge is 0.258 e. The van der Waals surface area contributed by atoms with Gasteiger partial charge in [-0.05, 0) is 42.6 Å². The third-order valence-electron chi connectivity index (χ3n) is 3.01. The number of aryl methyl sites for hydroxylation is 1. The van der Waals surface area contributed by atoms with Crippen molar-refractivity contribution in [3.05, 3.63) is 65.3 Å². The number of anilines is 1. The molecule has 0 aromatic carbocycles. The fourth-order valence-corrected chi connectivity index (χ4v) is 2.68. The fourth-order valence-electron chi connectivity index (χ4n) is 1.98. The average Bonchev–Trinajstić information content (AvgIpc) is 3.02. The number of nitrogens with one attached hydrogen (secondary N) is 1. The van der Waals surface area contributed by atoms with E-state index in [1.54, 1.807) is 35.7 Å². The number of rotatable bonds is 3. The molecule has 0 aliphatic carbocycles. The molecule has 0 bridgehead atoms. The second kappa shape index (κ2) is 5.85. The molecule has 3 rings (SSSR count). The van der Waals surface area contributed by atoms with Crippen LogP contribution in [0.1, 0.15) is 16.1 Å². The van der Waals surface area contributed by atoms with Crippen LogP contribution in [0.4, 0.5) is 5.82 Å². The topological polar surface area (TPSA) is 54.9 Å². The number of thiophene rings is 1. The molecule has 3 aromatic rings. The number of nitrogens with zero attached hydrogens (tertiary/aromatic N) is 2. The lowest BCUT2D eigenvalue weighted by Crippen LogP contribution is -2.14. The van der Waals surface area contributed by atoms with Gasteiger partial charge in [0.1, 0.15) is 5.82 Å². The van der Waals surface area contributed by atoms with Gasteiger partial charge in [0.05, 0.1) is 21.8 Å². The molecule has 21 heavy (non-hydrogen) atoms. The van der Waals surface area contributed by atoms with Gasteiger partial charge in [0.2, 0.25) is 0 Å². The van der Waals surface area contributed by atoms with Gasteiger partial charge in [-0.2, -0.15) is 0 Å². The maximum atomic E-state index is 12.2. The summed E-state index contributed by atoms with van der Waals surface area (Å²) in [6, 6.07) is 13.0. The molecule has 1 amide bonds. The first kappa shape index (κ1) is 13.5. The summed E-state index contributed by atoms with van der Waals surface area (Å²) >= 11 is 1.63. The monoisotopic (exact) mass is 295 g/mol. The van der Waals surface area contributed by atoms with Crippen molar-refractivity contribution in [2.75, 3.05) is 5.32 Å². The minimum Gasteiger partial charge on any atom is -0.307 e. The third kappa shape index (κ3) is 2.98. The van der Waals surface area contributed by atoms with Gasteiger partial charge < -0.3 is 5.32 Å². The Morgan fingerprint density at radius 1 is 1.14 bits per heavy atom. The van der Waals surface area contributed by atoms with E-state index in [4.69, 9.17) is 0 Å². The summed E-state index contributed by atoms with van der Waals surface area (Å²) in [7, 11) is 0. The number of pyridine rings is 2. The highest BCUT2D eigenvalue weighted by atomic mass is 32.1. The number of carbonyl (C=O) groups is 1. The molecule has 0 fully saturated rings. The molecule has 1 N–H and O–H groups in total. The van der Waals surface area contributed by atoms with E-state index in [1.807, 2.05) is 36.6 Å². The quantitative estimate of drug-likeness (QED) is 0.800. The molecule has 0 saturated carbocycles. The van der Waals surface area contributed by atoms with Crippen LogP contribution in [0.2, 0.25) is 0 Å². The van der Waals surface area contributed by atoms with E-state index >= 15 is 0 Å². The highest BCUT2D eigenvalue weighted by Gasteiger charge is 2.12. The van der Waals surface area contributed by atoms with E-state index in [0.29, 0.717) is 17.1 Å². The number of hydrogen-bond acceptors (Lipinski definition) is 4. The molecule has 0 atom stereocenters. The van der Waals surface area contributed by atoms with Crippen LogP contribution in [-0.4, -0.2) is 15.9 Å². The SMILES string of the molecule is Cc1nc(-c2cccs2)ccc1C(=O)Nc1ccccn1. The predicted molar refractivity (Wildman–Crippen MR) is 84.5 cm³/mol. The zero-order chi connectivity index (χ0) is 14.7. The summed E-state index contributed by atoms with van der Waals surface area (Å²) in [6.07, 6.45) is 1.64. The maximum Gasteiger partial charge on any atom is 0.258 e. The van der Waals surface area contributed by atoms with E-state index in [2.05, 4.69) is 15.3 Å².